The summed E-state index contributed by atoms with van der Waals surface area (Å²) in [5.41, 5.74) is 0.952. The van der Waals surface area contributed by atoms with Gasteiger partial charge in [-0.2, -0.15) is 0 Å². The first-order valence-electron chi connectivity index (χ1n) is 5.53. The van der Waals surface area contributed by atoms with Gasteiger partial charge < -0.3 is 9.73 Å². The predicted molar refractivity (Wildman–Crippen MR) is 78.8 cm³/mol. The highest BCUT2D eigenvalue weighted by Gasteiger charge is 2.18. The zero-order valence-electron chi connectivity index (χ0n) is 10.3. The lowest BCUT2D eigenvalue weighted by molar-refractivity contribution is 0.575. The van der Waals surface area contributed by atoms with Crippen molar-refractivity contribution in [1.29, 1.82) is 0 Å². The molecule has 0 radical (unpaired) electrons. The van der Waals surface area contributed by atoms with E-state index >= 15 is 0 Å². The second-order valence-electron chi connectivity index (χ2n) is 4.10. The minimum Gasteiger partial charge on any atom is -0.460 e. The number of furan rings is 1. The first-order chi connectivity index (χ1) is 8.54. The van der Waals surface area contributed by atoms with Crippen molar-refractivity contribution in [3.63, 3.8) is 0 Å². The third-order valence-corrected chi connectivity index (χ3v) is 3.89. The average molecular weight is 375 g/mol. The Kier molecular flexibility index (Phi) is 4.07. The second kappa shape index (κ2) is 5.40. The Balaban J connectivity index is 2.63. The van der Waals surface area contributed by atoms with Crippen molar-refractivity contribution in [2.24, 2.45) is 0 Å². The lowest BCUT2D eigenvalue weighted by atomic mass is 10.1. The number of aromatic nitrogens is 2. The number of rotatable bonds is 3. The van der Waals surface area contributed by atoms with E-state index in [1.807, 2.05) is 13.1 Å². The zero-order chi connectivity index (χ0) is 13.3. The van der Waals surface area contributed by atoms with Crippen molar-refractivity contribution in [2.45, 2.75) is 19.8 Å². The van der Waals surface area contributed by atoms with Crippen molar-refractivity contribution >= 4 is 37.7 Å². The van der Waals surface area contributed by atoms with Gasteiger partial charge in [-0.05, 0) is 43.8 Å². The van der Waals surface area contributed by atoms with Crippen molar-refractivity contribution < 1.29 is 4.42 Å². The molecule has 0 aliphatic carbocycles. The molecule has 0 atom stereocenters. The van der Waals surface area contributed by atoms with Crippen LogP contribution in [0.5, 0.6) is 0 Å². The quantitative estimate of drug-likeness (QED) is 0.863. The molecule has 2 aromatic rings. The van der Waals surface area contributed by atoms with Crippen molar-refractivity contribution in [2.75, 3.05) is 12.4 Å². The second-order valence-corrected chi connectivity index (χ2v) is 5.74. The summed E-state index contributed by atoms with van der Waals surface area (Å²) < 4.78 is 7.15. The fourth-order valence-electron chi connectivity index (χ4n) is 1.57. The predicted octanol–water partition coefficient (Wildman–Crippen LogP) is 4.43. The van der Waals surface area contributed by atoms with Crippen LogP contribution in [-0.4, -0.2) is 17.0 Å². The smallest absolute Gasteiger partial charge is 0.199 e. The third kappa shape index (κ3) is 2.44. The molecule has 0 saturated heterocycles. The normalized spacial score (nSPS) is 11.0. The van der Waals surface area contributed by atoms with Crippen LogP contribution in [0.2, 0.25) is 0 Å². The number of nitrogens with zero attached hydrogens (tertiary/aromatic N) is 2. The van der Waals surface area contributed by atoms with E-state index in [9.17, 15) is 0 Å². The van der Waals surface area contributed by atoms with Gasteiger partial charge in [0.1, 0.15) is 5.82 Å². The number of halogens is 2. The van der Waals surface area contributed by atoms with Crippen molar-refractivity contribution in [3.05, 3.63) is 27.0 Å². The molecule has 2 rings (SSSR count). The van der Waals surface area contributed by atoms with Crippen LogP contribution in [0.15, 0.2) is 25.7 Å². The van der Waals surface area contributed by atoms with Crippen LogP contribution in [0.3, 0.4) is 0 Å². The Morgan fingerprint density at radius 2 is 2.00 bits per heavy atom. The maximum Gasteiger partial charge on any atom is 0.199 e. The summed E-state index contributed by atoms with van der Waals surface area (Å²) in [7, 11) is 1.83. The van der Waals surface area contributed by atoms with E-state index in [0.29, 0.717) is 17.5 Å². The van der Waals surface area contributed by atoms with E-state index in [-0.39, 0.29) is 0 Å². The number of anilines is 1. The average Bonchev–Trinajstić information content (AvgIpc) is 2.75. The highest BCUT2D eigenvalue weighted by atomic mass is 79.9. The molecule has 0 fully saturated rings. The summed E-state index contributed by atoms with van der Waals surface area (Å²) in [5, 5.41) is 3.06. The molecule has 0 spiro atoms. The van der Waals surface area contributed by atoms with Crippen molar-refractivity contribution in [3.8, 4) is 11.6 Å². The van der Waals surface area contributed by atoms with Crippen LogP contribution in [-0.2, 0) is 0 Å². The molecule has 2 heterocycles. The molecule has 0 aromatic carbocycles. The van der Waals surface area contributed by atoms with Crippen LogP contribution in [0.1, 0.15) is 25.5 Å². The summed E-state index contributed by atoms with van der Waals surface area (Å²) in [6.45, 7) is 4.18. The summed E-state index contributed by atoms with van der Waals surface area (Å²) in [5.74, 6) is 2.26. The molecule has 0 unspecified atom stereocenters. The van der Waals surface area contributed by atoms with E-state index in [1.165, 1.54) is 0 Å². The van der Waals surface area contributed by atoms with Crippen LogP contribution >= 0.6 is 31.9 Å². The Morgan fingerprint density at radius 3 is 2.50 bits per heavy atom. The van der Waals surface area contributed by atoms with E-state index < -0.39 is 0 Å². The molecule has 96 valence electrons. The number of hydrogen-bond acceptors (Lipinski definition) is 4. The number of hydrogen-bond donors (Lipinski definition) is 1. The molecule has 0 saturated carbocycles. The molecule has 1 N–H and O–H groups in total. The molecule has 0 aliphatic heterocycles. The highest BCUT2D eigenvalue weighted by Crippen LogP contribution is 2.33. The number of nitrogens with one attached hydrogen (secondary N) is 1. The molecule has 2 aromatic heterocycles. The van der Waals surface area contributed by atoms with Gasteiger partial charge in [-0.15, -0.1) is 0 Å². The van der Waals surface area contributed by atoms with Crippen LogP contribution < -0.4 is 5.32 Å². The summed E-state index contributed by atoms with van der Waals surface area (Å²) in [6, 6.07) is 1.83. The summed E-state index contributed by atoms with van der Waals surface area (Å²) in [6.07, 6.45) is 1.61. The molecule has 0 bridgehead atoms. The maximum absolute atomic E-state index is 5.41. The van der Waals surface area contributed by atoms with Gasteiger partial charge in [-0.3, -0.25) is 0 Å². The van der Waals surface area contributed by atoms with E-state index in [1.54, 1.807) is 6.26 Å². The van der Waals surface area contributed by atoms with E-state index in [2.05, 4.69) is 61.0 Å². The molecule has 6 heteroatoms. The van der Waals surface area contributed by atoms with Gasteiger partial charge in [-0.25, -0.2) is 9.97 Å². The minimum atomic E-state index is 0.293. The molecule has 0 aliphatic rings. The van der Waals surface area contributed by atoms with E-state index in [0.717, 1.165) is 20.5 Å². The van der Waals surface area contributed by atoms with Gasteiger partial charge in [0.15, 0.2) is 11.6 Å². The summed E-state index contributed by atoms with van der Waals surface area (Å²) >= 11 is 6.95. The SMILES string of the molecule is CNc1nc(-c2occc2Br)nc(C(C)C)c1Br. The van der Waals surface area contributed by atoms with Crippen LogP contribution in [0.4, 0.5) is 5.82 Å². The molecule has 4 nitrogen and oxygen atoms in total. The van der Waals surface area contributed by atoms with E-state index in [4.69, 9.17) is 4.42 Å². The van der Waals surface area contributed by atoms with Crippen LogP contribution in [0.25, 0.3) is 11.6 Å². The lowest BCUT2D eigenvalue weighted by Crippen LogP contribution is -2.04. The Morgan fingerprint density at radius 1 is 1.28 bits per heavy atom. The molecule has 0 amide bonds. The van der Waals surface area contributed by atoms with Gasteiger partial charge in [0.25, 0.3) is 0 Å². The third-order valence-electron chi connectivity index (χ3n) is 2.48. The topological polar surface area (TPSA) is 51.0 Å². The largest absolute Gasteiger partial charge is 0.460 e. The minimum absolute atomic E-state index is 0.293. The first kappa shape index (κ1) is 13.5. The van der Waals surface area contributed by atoms with Gasteiger partial charge in [0.2, 0.25) is 0 Å². The zero-order valence-corrected chi connectivity index (χ0v) is 13.5. The van der Waals surface area contributed by atoms with Gasteiger partial charge in [-0.1, -0.05) is 13.8 Å². The van der Waals surface area contributed by atoms with Crippen LogP contribution in [0, 0.1) is 0 Å². The van der Waals surface area contributed by atoms with Gasteiger partial charge >= 0.3 is 0 Å². The maximum atomic E-state index is 5.41. The molecule has 18 heavy (non-hydrogen) atoms. The molecular weight excluding hydrogens is 362 g/mol. The fraction of sp³-hybridized carbons (Fsp3) is 0.333. The standard InChI is InChI=1S/C12H13Br2N3O/c1-6(2)9-8(14)11(15-3)17-12(16-9)10-7(13)4-5-18-10/h4-6H,1-3H3,(H,15,16,17). The summed E-state index contributed by atoms with van der Waals surface area (Å²) in [4.78, 5) is 9.01. The van der Waals surface area contributed by atoms with Gasteiger partial charge in [0, 0.05) is 7.05 Å². The van der Waals surface area contributed by atoms with Gasteiger partial charge in [0.05, 0.1) is 20.9 Å². The lowest BCUT2D eigenvalue weighted by Gasteiger charge is -2.12. The molecular formula is C12H13Br2N3O. The Hall–Kier alpha value is -0.880. The Labute approximate surface area is 122 Å². The highest BCUT2D eigenvalue weighted by molar-refractivity contribution is 9.11. The first-order valence-corrected chi connectivity index (χ1v) is 7.11. The monoisotopic (exact) mass is 373 g/mol. The fourth-order valence-corrected chi connectivity index (χ4v) is 2.78. The Bertz CT molecular complexity index is 566. The van der Waals surface area contributed by atoms with Crippen molar-refractivity contribution in [1.82, 2.24) is 9.97 Å².